The van der Waals surface area contributed by atoms with Crippen LogP contribution in [0, 0.1) is 0 Å². The van der Waals surface area contributed by atoms with Crippen molar-refractivity contribution in [3.8, 4) is 0 Å². The number of hydrogen-bond donors (Lipinski definition) is 1. The van der Waals surface area contributed by atoms with Gasteiger partial charge in [-0.2, -0.15) is 0 Å². The highest BCUT2D eigenvalue weighted by molar-refractivity contribution is 7.21. The third-order valence-corrected chi connectivity index (χ3v) is 6.99. The average Bonchev–Trinajstić information content (AvgIpc) is 3.15. The molecule has 0 radical (unpaired) electrons. The van der Waals surface area contributed by atoms with Crippen LogP contribution in [0.3, 0.4) is 0 Å². The van der Waals surface area contributed by atoms with Crippen LogP contribution in [0.1, 0.15) is 15.2 Å². The van der Waals surface area contributed by atoms with Crippen molar-refractivity contribution in [3.05, 3.63) is 64.0 Å². The minimum absolute atomic E-state index is 0.0837. The van der Waals surface area contributed by atoms with E-state index in [0.717, 1.165) is 34.4 Å². The molecule has 1 aromatic heterocycles. The lowest BCUT2D eigenvalue weighted by molar-refractivity contribution is -0.129. The number of para-hydroxylation sites is 1. The number of carbonyl (C=O) groups excluding carboxylic acids is 2. The van der Waals surface area contributed by atoms with Gasteiger partial charge < -0.3 is 19.9 Å². The Hall–Kier alpha value is -2.61. The van der Waals surface area contributed by atoms with Crippen LogP contribution in [-0.4, -0.2) is 56.6 Å². The summed E-state index contributed by atoms with van der Waals surface area (Å²) in [4.78, 5) is 29.6. The van der Waals surface area contributed by atoms with E-state index in [4.69, 9.17) is 16.3 Å². The molecule has 162 valence electrons. The number of anilines is 1. The predicted octanol–water partition coefficient (Wildman–Crippen LogP) is 3.78. The maximum Gasteiger partial charge on any atom is 0.263 e. The maximum atomic E-state index is 12.7. The van der Waals surface area contributed by atoms with Crippen LogP contribution >= 0.6 is 22.9 Å². The Labute approximate surface area is 190 Å². The lowest BCUT2D eigenvalue weighted by Gasteiger charge is -2.31. The van der Waals surface area contributed by atoms with Gasteiger partial charge in [-0.25, -0.2) is 0 Å². The van der Waals surface area contributed by atoms with E-state index in [1.54, 1.807) is 11.9 Å². The fourth-order valence-electron chi connectivity index (χ4n) is 3.63. The smallest absolute Gasteiger partial charge is 0.263 e. The number of hydrogen-bond acceptors (Lipinski definition) is 5. The predicted molar refractivity (Wildman–Crippen MR) is 125 cm³/mol. The van der Waals surface area contributed by atoms with E-state index >= 15 is 0 Å². The van der Waals surface area contributed by atoms with E-state index in [-0.39, 0.29) is 18.4 Å². The van der Waals surface area contributed by atoms with E-state index in [9.17, 15) is 9.59 Å². The van der Waals surface area contributed by atoms with Gasteiger partial charge in [-0.1, -0.05) is 48.0 Å². The number of nitrogens with zero attached hydrogens (tertiary/aromatic N) is 2. The molecule has 2 aromatic carbocycles. The molecule has 0 atom stereocenters. The largest absolute Gasteiger partial charge is 0.378 e. The normalized spacial score (nSPS) is 13.9. The van der Waals surface area contributed by atoms with Crippen molar-refractivity contribution in [3.63, 3.8) is 0 Å². The second-order valence-electron chi connectivity index (χ2n) is 7.40. The van der Waals surface area contributed by atoms with Crippen molar-refractivity contribution < 1.29 is 14.3 Å². The summed E-state index contributed by atoms with van der Waals surface area (Å²) in [5, 5.41) is 3.99. The Bertz CT molecular complexity index is 1090. The standard InChI is InChI=1S/C23H24ClN3O3S/c1-26(15-16-6-2-4-8-18(16)27-10-12-30-13-11-27)20(28)14-25-23(29)22-21(24)17-7-3-5-9-19(17)31-22/h2-9H,10-15H2,1H3,(H,25,29). The van der Waals surface area contributed by atoms with Gasteiger partial charge in [0.05, 0.1) is 24.8 Å². The summed E-state index contributed by atoms with van der Waals surface area (Å²) < 4.78 is 6.39. The van der Waals surface area contributed by atoms with Crippen molar-refractivity contribution in [1.29, 1.82) is 0 Å². The molecule has 2 amide bonds. The summed E-state index contributed by atoms with van der Waals surface area (Å²) in [6.07, 6.45) is 0. The van der Waals surface area contributed by atoms with Gasteiger partial charge in [0.1, 0.15) is 4.88 Å². The summed E-state index contributed by atoms with van der Waals surface area (Å²) in [5.41, 5.74) is 2.19. The maximum absolute atomic E-state index is 12.7. The van der Waals surface area contributed by atoms with Crippen LogP contribution in [0.15, 0.2) is 48.5 Å². The van der Waals surface area contributed by atoms with Crippen molar-refractivity contribution >= 4 is 50.5 Å². The summed E-state index contributed by atoms with van der Waals surface area (Å²) in [7, 11) is 1.75. The van der Waals surface area contributed by atoms with E-state index in [0.29, 0.717) is 29.7 Å². The number of amides is 2. The fraction of sp³-hybridized carbons (Fsp3) is 0.304. The Morgan fingerprint density at radius 3 is 2.61 bits per heavy atom. The summed E-state index contributed by atoms with van der Waals surface area (Å²) in [5.74, 6) is -0.496. The zero-order chi connectivity index (χ0) is 21.8. The second kappa shape index (κ2) is 9.68. The Balaban J connectivity index is 1.38. The number of rotatable bonds is 6. The first-order valence-corrected chi connectivity index (χ1v) is 11.3. The third-order valence-electron chi connectivity index (χ3n) is 5.32. The molecule has 8 heteroatoms. The van der Waals surface area contributed by atoms with E-state index in [1.807, 2.05) is 42.5 Å². The topological polar surface area (TPSA) is 61.9 Å². The highest BCUT2D eigenvalue weighted by atomic mass is 35.5. The highest BCUT2D eigenvalue weighted by Gasteiger charge is 2.20. The Morgan fingerprint density at radius 1 is 1.13 bits per heavy atom. The zero-order valence-corrected chi connectivity index (χ0v) is 18.8. The van der Waals surface area contributed by atoms with Gasteiger partial charge in [0.2, 0.25) is 5.91 Å². The van der Waals surface area contributed by atoms with Crippen molar-refractivity contribution in [1.82, 2.24) is 10.2 Å². The SMILES string of the molecule is CN(Cc1ccccc1N1CCOCC1)C(=O)CNC(=O)c1sc2ccccc2c1Cl. The molecule has 1 aliphatic rings. The molecule has 6 nitrogen and oxygen atoms in total. The van der Waals surface area contributed by atoms with Crippen LogP contribution in [0.2, 0.25) is 5.02 Å². The average molecular weight is 458 g/mol. The Morgan fingerprint density at radius 2 is 1.84 bits per heavy atom. The van der Waals surface area contributed by atoms with Gasteiger partial charge in [-0.15, -0.1) is 11.3 Å². The van der Waals surface area contributed by atoms with Crippen LogP contribution in [-0.2, 0) is 16.1 Å². The summed E-state index contributed by atoms with van der Waals surface area (Å²) >= 11 is 7.70. The number of fused-ring (bicyclic) bond motifs is 1. The molecule has 31 heavy (non-hydrogen) atoms. The second-order valence-corrected chi connectivity index (χ2v) is 8.83. The number of carbonyl (C=O) groups is 2. The molecule has 3 aromatic rings. The van der Waals surface area contributed by atoms with E-state index in [1.165, 1.54) is 11.3 Å². The molecule has 1 saturated heterocycles. The molecular formula is C23H24ClN3O3S. The molecule has 0 saturated carbocycles. The van der Waals surface area contributed by atoms with Crippen LogP contribution in [0.25, 0.3) is 10.1 Å². The van der Waals surface area contributed by atoms with Gasteiger partial charge in [0.15, 0.2) is 0 Å². The monoisotopic (exact) mass is 457 g/mol. The Kier molecular flexibility index (Phi) is 6.75. The van der Waals surface area contributed by atoms with Crippen LogP contribution in [0.5, 0.6) is 0 Å². The minimum Gasteiger partial charge on any atom is -0.378 e. The summed E-state index contributed by atoms with van der Waals surface area (Å²) in [6, 6.07) is 15.7. The first-order chi connectivity index (χ1) is 15.0. The van der Waals surface area contributed by atoms with Gasteiger partial charge in [0.25, 0.3) is 5.91 Å². The molecule has 1 N–H and O–H groups in total. The summed E-state index contributed by atoms with van der Waals surface area (Å²) in [6.45, 7) is 3.46. The lowest BCUT2D eigenvalue weighted by Crippen LogP contribution is -2.39. The molecular weight excluding hydrogens is 434 g/mol. The molecule has 0 bridgehead atoms. The van der Waals surface area contributed by atoms with Crippen LogP contribution in [0.4, 0.5) is 5.69 Å². The number of thiophene rings is 1. The van der Waals surface area contributed by atoms with Gasteiger partial charge in [-0.3, -0.25) is 9.59 Å². The van der Waals surface area contributed by atoms with Gasteiger partial charge in [-0.05, 0) is 17.7 Å². The van der Waals surface area contributed by atoms with Crippen LogP contribution < -0.4 is 10.2 Å². The molecule has 4 rings (SSSR count). The molecule has 2 heterocycles. The third kappa shape index (κ3) is 4.84. The first kappa shape index (κ1) is 21.6. The quantitative estimate of drug-likeness (QED) is 0.612. The number of morpholine rings is 1. The van der Waals surface area contributed by atoms with Gasteiger partial charge in [0, 0.05) is 42.5 Å². The molecule has 1 fully saturated rings. The lowest BCUT2D eigenvalue weighted by atomic mass is 10.1. The highest BCUT2D eigenvalue weighted by Crippen LogP contribution is 2.35. The van der Waals surface area contributed by atoms with Crippen molar-refractivity contribution in [2.75, 3.05) is 44.8 Å². The fourth-order valence-corrected chi connectivity index (χ4v) is 5.07. The molecule has 0 aliphatic carbocycles. The number of benzene rings is 2. The molecule has 1 aliphatic heterocycles. The van der Waals surface area contributed by atoms with E-state index < -0.39 is 0 Å². The number of halogens is 1. The van der Waals surface area contributed by atoms with E-state index in [2.05, 4.69) is 16.3 Å². The number of nitrogens with one attached hydrogen (secondary N) is 1. The van der Waals surface area contributed by atoms with Crippen molar-refractivity contribution in [2.24, 2.45) is 0 Å². The van der Waals surface area contributed by atoms with Gasteiger partial charge >= 0.3 is 0 Å². The number of likely N-dealkylation sites (N-methyl/N-ethyl adjacent to an activating group) is 1. The molecule has 0 spiro atoms. The first-order valence-electron chi connectivity index (χ1n) is 10.1. The zero-order valence-electron chi connectivity index (χ0n) is 17.3. The molecule has 0 unspecified atom stereocenters. The number of ether oxygens (including phenoxy) is 1. The van der Waals surface area contributed by atoms with Crippen molar-refractivity contribution in [2.45, 2.75) is 6.54 Å². The minimum atomic E-state index is -0.332.